The molecule has 0 bridgehead atoms. The second kappa shape index (κ2) is 9.00. The number of benzene rings is 3. The third-order valence-corrected chi connectivity index (χ3v) is 4.81. The quantitative estimate of drug-likeness (QED) is 0.482. The predicted octanol–water partition coefficient (Wildman–Crippen LogP) is 6.19. The Morgan fingerprint density at radius 2 is 1.68 bits per heavy atom. The maximum Gasteiger partial charge on any atom is 0.335 e. The topological polar surface area (TPSA) is 58.6 Å². The van der Waals surface area contributed by atoms with Gasteiger partial charge in [0.25, 0.3) is 0 Å². The number of aryl methyl sites for hydroxylation is 1. The molecule has 0 fully saturated rings. The van der Waals surface area contributed by atoms with Crippen LogP contribution in [0, 0.1) is 6.92 Å². The lowest BCUT2D eigenvalue weighted by molar-refractivity contribution is 0.0697. The zero-order chi connectivity index (χ0) is 20.1. The molecule has 0 radical (unpaired) electrons. The Labute approximate surface area is 173 Å². The number of rotatable bonds is 7. The van der Waals surface area contributed by atoms with Crippen molar-refractivity contribution < 1.29 is 14.6 Å². The molecule has 0 aromatic heterocycles. The van der Waals surface area contributed by atoms with E-state index in [9.17, 15) is 4.79 Å². The van der Waals surface area contributed by atoms with Crippen LogP contribution in [0.1, 0.15) is 27.0 Å². The normalized spacial score (nSPS) is 10.5. The smallest absolute Gasteiger partial charge is 0.335 e. The molecule has 0 saturated carbocycles. The fourth-order valence-electron chi connectivity index (χ4n) is 2.72. The van der Waals surface area contributed by atoms with E-state index in [1.807, 2.05) is 37.3 Å². The number of carbonyl (C=O) groups is 1. The van der Waals surface area contributed by atoms with Gasteiger partial charge in [-0.3, -0.25) is 0 Å². The van der Waals surface area contributed by atoms with Crippen LogP contribution in [0.15, 0.2) is 60.7 Å². The molecule has 0 spiro atoms. The molecule has 0 atom stereocenters. The third kappa shape index (κ3) is 4.97. The fourth-order valence-corrected chi connectivity index (χ4v) is 3.37. The SMILES string of the molecule is Cc1ccc(C(=O)O)cc1NCc1cc(Cl)c(OCc2ccccc2)c(Cl)c1. The molecular weight excluding hydrogens is 397 g/mol. The summed E-state index contributed by atoms with van der Waals surface area (Å²) in [7, 11) is 0. The molecule has 0 aliphatic heterocycles. The molecule has 3 aromatic rings. The van der Waals surface area contributed by atoms with Crippen LogP contribution in [0.2, 0.25) is 10.0 Å². The van der Waals surface area contributed by atoms with Gasteiger partial charge in [-0.15, -0.1) is 0 Å². The number of ether oxygens (including phenoxy) is 1. The summed E-state index contributed by atoms with van der Waals surface area (Å²) in [4.78, 5) is 11.2. The van der Waals surface area contributed by atoms with Gasteiger partial charge in [0.15, 0.2) is 5.75 Å². The monoisotopic (exact) mass is 415 g/mol. The molecule has 0 heterocycles. The second-order valence-corrected chi connectivity index (χ2v) is 7.17. The summed E-state index contributed by atoms with van der Waals surface area (Å²) in [5.41, 5.74) is 3.81. The molecule has 0 amide bonds. The van der Waals surface area contributed by atoms with Gasteiger partial charge in [-0.1, -0.05) is 59.6 Å². The minimum absolute atomic E-state index is 0.230. The lowest BCUT2D eigenvalue weighted by Gasteiger charge is -2.14. The van der Waals surface area contributed by atoms with Crippen molar-refractivity contribution in [1.82, 2.24) is 0 Å². The van der Waals surface area contributed by atoms with Crippen molar-refractivity contribution in [2.45, 2.75) is 20.1 Å². The van der Waals surface area contributed by atoms with Gasteiger partial charge in [-0.2, -0.15) is 0 Å². The highest BCUT2D eigenvalue weighted by atomic mass is 35.5. The van der Waals surface area contributed by atoms with Gasteiger partial charge >= 0.3 is 5.97 Å². The number of hydrogen-bond donors (Lipinski definition) is 2. The first-order valence-electron chi connectivity index (χ1n) is 8.66. The first-order valence-corrected chi connectivity index (χ1v) is 9.42. The molecule has 0 aliphatic carbocycles. The molecule has 0 aliphatic rings. The fraction of sp³-hybridized carbons (Fsp3) is 0.136. The average Bonchev–Trinajstić information content (AvgIpc) is 2.67. The number of anilines is 1. The number of carboxylic acid groups (broad SMARTS) is 1. The highest BCUT2D eigenvalue weighted by Crippen LogP contribution is 2.35. The van der Waals surface area contributed by atoms with Crippen molar-refractivity contribution >= 4 is 34.9 Å². The van der Waals surface area contributed by atoms with Crippen molar-refractivity contribution in [1.29, 1.82) is 0 Å². The molecule has 0 unspecified atom stereocenters. The average molecular weight is 416 g/mol. The van der Waals surface area contributed by atoms with Crippen molar-refractivity contribution in [2.75, 3.05) is 5.32 Å². The van der Waals surface area contributed by atoms with E-state index in [1.165, 1.54) is 0 Å². The molecule has 0 saturated heterocycles. The van der Waals surface area contributed by atoms with E-state index in [0.29, 0.717) is 28.9 Å². The predicted molar refractivity (Wildman–Crippen MR) is 113 cm³/mol. The van der Waals surface area contributed by atoms with Crippen LogP contribution in [0.5, 0.6) is 5.75 Å². The Kier molecular flexibility index (Phi) is 6.45. The largest absolute Gasteiger partial charge is 0.486 e. The van der Waals surface area contributed by atoms with E-state index in [4.69, 9.17) is 33.0 Å². The number of aromatic carboxylic acids is 1. The first kappa shape index (κ1) is 20.1. The van der Waals surface area contributed by atoms with Crippen LogP contribution >= 0.6 is 23.2 Å². The third-order valence-electron chi connectivity index (χ3n) is 4.25. The van der Waals surface area contributed by atoms with Crippen molar-refractivity contribution in [3.63, 3.8) is 0 Å². The molecule has 3 aromatic carbocycles. The molecule has 144 valence electrons. The summed E-state index contributed by atoms with van der Waals surface area (Å²) in [6.07, 6.45) is 0. The van der Waals surface area contributed by atoms with Crippen LogP contribution in [0.4, 0.5) is 5.69 Å². The Balaban J connectivity index is 1.70. The minimum atomic E-state index is -0.964. The minimum Gasteiger partial charge on any atom is -0.486 e. The summed E-state index contributed by atoms with van der Waals surface area (Å²) >= 11 is 12.7. The highest BCUT2D eigenvalue weighted by Gasteiger charge is 2.11. The number of hydrogen-bond acceptors (Lipinski definition) is 3. The zero-order valence-electron chi connectivity index (χ0n) is 15.2. The Bertz CT molecular complexity index is 967. The van der Waals surface area contributed by atoms with Crippen molar-refractivity contribution in [3.8, 4) is 5.75 Å². The first-order chi connectivity index (χ1) is 13.4. The number of carboxylic acids is 1. The van der Waals surface area contributed by atoms with Crippen LogP contribution in [-0.4, -0.2) is 11.1 Å². The molecule has 4 nitrogen and oxygen atoms in total. The van der Waals surface area contributed by atoms with Gasteiger partial charge in [0, 0.05) is 12.2 Å². The van der Waals surface area contributed by atoms with E-state index in [0.717, 1.165) is 22.4 Å². The Morgan fingerprint density at radius 1 is 1.00 bits per heavy atom. The van der Waals surface area contributed by atoms with E-state index in [-0.39, 0.29) is 5.56 Å². The van der Waals surface area contributed by atoms with Crippen molar-refractivity contribution in [3.05, 3.63) is 93.0 Å². The molecule has 28 heavy (non-hydrogen) atoms. The van der Waals surface area contributed by atoms with E-state index in [2.05, 4.69) is 5.32 Å². The molecule has 2 N–H and O–H groups in total. The van der Waals surface area contributed by atoms with Gasteiger partial charge < -0.3 is 15.2 Å². The van der Waals surface area contributed by atoms with E-state index < -0.39 is 5.97 Å². The summed E-state index contributed by atoms with van der Waals surface area (Å²) in [6, 6.07) is 18.3. The summed E-state index contributed by atoms with van der Waals surface area (Å²) in [5.74, 6) is -0.519. The molecule has 3 rings (SSSR count). The van der Waals surface area contributed by atoms with Crippen LogP contribution in [0.25, 0.3) is 0 Å². The second-order valence-electron chi connectivity index (χ2n) is 6.35. The van der Waals surface area contributed by atoms with Gasteiger partial charge in [0.1, 0.15) is 6.61 Å². The standard InChI is InChI=1S/C22H19Cl2NO3/c1-14-7-8-17(22(26)27)11-20(14)25-12-16-9-18(23)21(19(24)10-16)28-13-15-5-3-2-4-6-15/h2-11,25H,12-13H2,1H3,(H,26,27). The summed E-state index contributed by atoms with van der Waals surface area (Å²) in [5, 5.41) is 13.2. The zero-order valence-corrected chi connectivity index (χ0v) is 16.7. The van der Waals surface area contributed by atoms with E-state index >= 15 is 0 Å². The van der Waals surface area contributed by atoms with Crippen LogP contribution in [-0.2, 0) is 13.2 Å². The highest BCUT2D eigenvalue weighted by molar-refractivity contribution is 6.37. The maximum atomic E-state index is 11.2. The number of halogens is 2. The van der Waals surface area contributed by atoms with Crippen LogP contribution in [0.3, 0.4) is 0 Å². The lowest BCUT2D eigenvalue weighted by Crippen LogP contribution is -2.04. The summed E-state index contributed by atoms with van der Waals surface area (Å²) in [6.45, 7) is 2.73. The van der Waals surface area contributed by atoms with Gasteiger partial charge in [0.05, 0.1) is 15.6 Å². The van der Waals surface area contributed by atoms with Crippen LogP contribution < -0.4 is 10.1 Å². The number of nitrogens with one attached hydrogen (secondary N) is 1. The molecular formula is C22H19Cl2NO3. The molecule has 6 heteroatoms. The Hall–Kier alpha value is -2.69. The lowest BCUT2D eigenvalue weighted by atomic mass is 10.1. The van der Waals surface area contributed by atoms with E-state index in [1.54, 1.807) is 30.3 Å². The maximum absolute atomic E-state index is 11.2. The van der Waals surface area contributed by atoms with Crippen molar-refractivity contribution in [2.24, 2.45) is 0 Å². The Morgan fingerprint density at radius 3 is 2.32 bits per heavy atom. The van der Waals surface area contributed by atoms with Gasteiger partial charge in [-0.25, -0.2) is 4.79 Å². The summed E-state index contributed by atoms with van der Waals surface area (Å²) < 4.78 is 5.78. The van der Waals surface area contributed by atoms with Gasteiger partial charge in [0.2, 0.25) is 0 Å². The van der Waals surface area contributed by atoms with Gasteiger partial charge in [-0.05, 0) is 47.9 Å².